The first kappa shape index (κ1) is 12.7. The van der Waals surface area contributed by atoms with Crippen LogP contribution in [0.1, 0.15) is 23.8 Å². The highest BCUT2D eigenvalue weighted by Crippen LogP contribution is 2.16. The second kappa shape index (κ2) is 7.01. The Hall–Kier alpha value is -1.35. The van der Waals surface area contributed by atoms with E-state index >= 15 is 0 Å². The van der Waals surface area contributed by atoms with Crippen LogP contribution in [0.5, 0.6) is 0 Å². The van der Waals surface area contributed by atoms with E-state index in [-0.39, 0.29) is 5.91 Å². The van der Waals surface area contributed by atoms with Gasteiger partial charge in [0.25, 0.3) is 0 Å². The van der Waals surface area contributed by atoms with Gasteiger partial charge in [-0.25, -0.2) is 0 Å². The average molecular weight is 235 g/mol. The van der Waals surface area contributed by atoms with Gasteiger partial charge in [-0.2, -0.15) is 0 Å². The molecule has 0 bridgehead atoms. The number of allylic oxidation sites excluding steroid dienone is 1. The highest BCUT2D eigenvalue weighted by atomic mass is 32.1. The number of hydrogen-bond acceptors (Lipinski definition) is 2. The van der Waals surface area contributed by atoms with Crippen molar-refractivity contribution >= 4 is 23.3 Å². The van der Waals surface area contributed by atoms with Crippen molar-refractivity contribution in [3.05, 3.63) is 40.1 Å². The van der Waals surface area contributed by atoms with Crippen molar-refractivity contribution in [3.8, 4) is 0 Å². The van der Waals surface area contributed by atoms with Gasteiger partial charge in [-0.3, -0.25) is 4.79 Å². The summed E-state index contributed by atoms with van der Waals surface area (Å²) in [4.78, 5) is 12.5. The van der Waals surface area contributed by atoms with E-state index < -0.39 is 0 Å². The molecule has 0 aromatic carbocycles. The van der Waals surface area contributed by atoms with Crippen molar-refractivity contribution in [1.29, 1.82) is 0 Å². The summed E-state index contributed by atoms with van der Waals surface area (Å²) in [6, 6.07) is 2.05. The van der Waals surface area contributed by atoms with Crippen LogP contribution >= 0.6 is 11.3 Å². The van der Waals surface area contributed by atoms with E-state index in [9.17, 15) is 4.79 Å². The van der Waals surface area contributed by atoms with Crippen LogP contribution in [0.3, 0.4) is 0 Å². The Kier molecular flexibility index (Phi) is 5.57. The van der Waals surface area contributed by atoms with Gasteiger partial charge in [-0.1, -0.05) is 12.2 Å². The predicted octanol–water partition coefficient (Wildman–Crippen LogP) is 3.15. The summed E-state index contributed by atoms with van der Waals surface area (Å²) < 4.78 is 0. The Bertz CT molecular complexity index is 390. The summed E-state index contributed by atoms with van der Waals surface area (Å²) in [7, 11) is 0. The summed E-state index contributed by atoms with van der Waals surface area (Å²) in [5.74, 6) is -0.0303. The summed E-state index contributed by atoms with van der Waals surface area (Å²) in [5, 5.41) is 4.85. The van der Waals surface area contributed by atoms with Crippen LogP contribution in [-0.4, -0.2) is 12.5 Å². The molecule has 3 heteroatoms. The molecule has 0 aliphatic rings. The second-order valence-electron chi connectivity index (χ2n) is 3.45. The first-order chi connectivity index (χ1) is 7.74. The highest BCUT2D eigenvalue weighted by molar-refractivity contribution is 7.11. The third-order valence-corrected chi connectivity index (χ3v) is 3.12. The zero-order valence-electron chi connectivity index (χ0n) is 9.69. The monoisotopic (exact) mass is 235 g/mol. The van der Waals surface area contributed by atoms with Gasteiger partial charge in [0.2, 0.25) is 5.91 Å². The molecule has 1 aromatic heterocycles. The van der Waals surface area contributed by atoms with Gasteiger partial charge in [0.1, 0.15) is 0 Å². The van der Waals surface area contributed by atoms with Crippen molar-refractivity contribution < 1.29 is 4.79 Å². The summed E-state index contributed by atoms with van der Waals surface area (Å²) in [6.45, 7) is 4.71. The minimum Gasteiger partial charge on any atom is -0.352 e. The second-order valence-corrected chi connectivity index (χ2v) is 4.40. The molecule has 0 spiro atoms. The number of aryl methyl sites for hydroxylation is 1. The SMILES string of the molecule is C/C=C/CCNC(=O)/C=C/c1sccc1C. The number of rotatable bonds is 5. The van der Waals surface area contributed by atoms with E-state index in [1.807, 2.05) is 43.5 Å². The van der Waals surface area contributed by atoms with E-state index in [4.69, 9.17) is 0 Å². The number of thiophene rings is 1. The van der Waals surface area contributed by atoms with E-state index in [1.54, 1.807) is 17.4 Å². The van der Waals surface area contributed by atoms with E-state index in [1.165, 1.54) is 5.56 Å². The van der Waals surface area contributed by atoms with Crippen molar-refractivity contribution in [2.45, 2.75) is 20.3 Å². The fourth-order valence-corrected chi connectivity index (χ4v) is 2.03. The molecular weight excluding hydrogens is 218 g/mol. The van der Waals surface area contributed by atoms with Crippen LogP contribution < -0.4 is 5.32 Å². The van der Waals surface area contributed by atoms with Crippen molar-refractivity contribution in [1.82, 2.24) is 5.32 Å². The molecule has 2 nitrogen and oxygen atoms in total. The van der Waals surface area contributed by atoms with Gasteiger partial charge in [-0.15, -0.1) is 11.3 Å². The number of nitrogens with one attached hydrogen (secondary N) is 1. The molecule has 0 saturated carbocycles. The van der Waals surface area contributed by atoms with Gasteiger partial charge < -0.3 is 5.32 Å². The lowest BCUT2D eigenvalue weighted by atomic mass is 10.3. The Labute approximate surface area is 101 Å². The van der Waals surface area contributed by atoms with Crippen LogP contribution in [0.15, 0.2) is 29.7 Å². The zero-order chi connectivity index (χ0) is 11.8. The molecule has 1 amide bonds. The minimum atomic E-state index is -0.0303. The molecule has 0 atom stereocenters. The quantitative estimate of drug-likeness (QED) is 0.474. The predicted molar refractivity (Wildman–Crippen MR) is 70.5 cm³/mol. The first-order valence-electron chi connectivity index (χ1n) is 5.35. The van der Waals surface area contributed by atoms with E-state index in [0.717, 1.165) is 11.3 Å². The number of carbonyl (C=O) groups is 1. The molecule has 0 unspecified atom stereocenters. The Morgan fingerprint density at radius 1 is 1.56 bits per heavy atom. The van der Waals surface area contributed by atoms with Crippen molar-refractivity contribution in [2.75, 3.05) is 6.54 Å². The molecule has 1 heterocycles. The van der Waals surface area contributed by atoms with Crippen LogP contribution in [-0.2, 0) is 4.79 Å². The molecule has 1 N–H and O–H groups in total. The van der Waals surface area contributed by atoms with E-state index in [0.29, 0.717) is 6.54 Å². The fraction of sp³-hybridized carbons (Fsp3) is 0.308. The Morgan fingerprint density at radius 3 is 3.00 bits per heavy atom. The number of amides is 1. The van der Waals surface area contributed by atoms with Gasteiger partial charge >= 0.3 is 0 Å². The van der Waals surface area contributed by atoms with Gasteiger partial charge in [0, 0.05) is 17.5 Å². The van der Waals surface area contributed by atoms with Crippen LogP contribution in [0.4, 0.5) is 0 Å². The molecule has 0 fully saturated rings. The number of carbonyl (C=O) groups excluding carboxylic acids is 1. The van der Waals surface area contributed by atoms with E-state index in [2.05, 4.69) is 5.32 Å². The molecule has 0 aliphatic heterocycles. The lowest BCUT2D eigenvalue weighted by molar-refractivity contribution is -0.116. The third-order valence-electron chi connectivity index (χ3n) is 2.13. The lowest BCUT2D eigenvalue weighted by Gasteiger charge is -1.97. The topological polar surface area (TPSA) is 29.1 Å². The number of hydrogen-bond donors (Lipinski definition) is 1. The molecule has 86 valence electrons. The molecule has 16 heavy (non-hydrogen) atoms. The molecular formula is C13H17NOS. The van der Waals surface area contributed by atoms with Gasteiger partial charge in [0.05, 0.1) is 0 Å². The van der Waals surface area contributed by atoms with Crippen LogP contribution in [0.25, 0.3) is 6.08 Å². The largest absolute Gasteiger partial charge is 0.352 e. The minimum absolute atomic E-state index is 0.0303. The molecule has 1 rings (SSSR count). The third kappa shape index (κ3) is 4.45. The molecule has 0 aliphatic carbocycles. The maximum absolute atomic E-state index is 11.4. The van der Waals surface area contributed by atoms with Crippen molar-refractivity contribution in [2.24, 2.45) is 0 Å². The Balaban J connectivity index is 2.34. The molecule has 0 saturated heterocycles. The summed E-state index contributed by atoms with van der Waals surface area (Å²) in [5.41, 5.74) is 1.21. The molecule has 0 radical (unpaired) electrons. The maximum atomic E-state index is 11.4. The molecule has 1 aromatic rings. The fourth-order valence-electron chi connectivity index (χ4n) is 1.21. The standard InChI is InChI=1S/C13H17NOS/c1-3-4-5-9-14-13(15)7-6-12-11(2)8-10-16-12/h3-4,6-8,10H,5,9H2,1-2H3,(H,14,15)/b4-3+,7-6+. The Morgan fingerprint density at radius 2 is 2.38 bits per heavy atom. The maximum Gasteiger partial charge on any atom is 0.244 e. The average Bonchev–Trinajstić information content (AvgIpc) is 2.67. The van der Waals surface area contributed by atoms with Gasteiger partial charge in [0.15, 0.2) is 0 Å². The summed E-state index contributed by atoms with van der Waals surface area (Å²) >= 11 is 1.65. The van der Waals surface area contributed by atoms with Gasteiger partial charge in [-0.05, 0) is 43.4 Å². The normalized spacial score (nSPS) is 11.4. The lowest BCUT2D eigenvalue weighted by Crippen LogP contribution is -2.21. The summed E-state index contributed by atoms with van der Waals surface area (Å²) in [6.07, 6.45) is 8.36. The smallest absolute Gasteiger partial charge is 0.244 e. The van der Waals surface area contributed by atoms with Crippen LogP contribution in [0, 0.1) is 6.92 Å². The van der Waals surface area contributed by atoms with Crippen LogP contribution in [0.2, 0.25) is 0 Å². The zero-order valence-corrected chi connectivity index (χ0v) is 10.5. The van der Waals surface area contributed by atoms with Crippen molar-refractivity contribution in [3.63, 3.8) is 0 Å². The highest BCUT2D eigenvalue weighted by Gasteiger charge is 1.96. The first-order valence-corrected chi connectivity index (χ1v) is 6.23.